The van der Waals surface area contributed by atoms with Gasteiger partial charge in [-0.2, -0.15) is 0 Å². The Morgan fingerprint density at radius 1 is 1.14 bits per heavy atom. The van der Waals surface area contributed by atoms with E-state index in [-0.39, 0.29) is 0 Å². The number of β-amino-alcohol motifs (C(OH)–C–C–N with tert-alkyl or cyclic N) is 2. The van der Waals surface area contributed by atoms with Gasteiger partial charge in [0.25, 0.3) is 0 Å². The van der Waals surface area contributed by atoms with E-state index in [1.54, 1.807) is 17.1 Å². The maximum absolute atomic E-state index is 10.7. The van der Waals surface area contributed by atoms with Crippen molar-refractivity contribution < 1.29 is 10.2 Å². The van der Waals surface area contributed by atoms with Crippen molar-refractivity contribution in [3.05, 3.63) is 12.4 Å². The molecule has 0 aromatic carbocycles. The van der Waals surface area contributed by atoms with Gasteiger partial charge in [0.05, 0.1) is 23.9 Å². The summed E-state index contributed by atoms with van der Waals surface area (Å²) in [6, 6.07) is 0. The van der Waals surface area contributed by atoms with Crippen LogP contribution >= 0.6 is 0 Å². The quantitative estimate of drug-likeness (QED) is 0.853. The molecule has 1 aliphatic heterocycles. The third-order valence-corrected chi connectivity index (χ3v) is 5.06. The number of rotatable bonds is 4. The van der Waals surface area contributed by atoms with E-state index in [4.69, 9.17) is 0 Å². The first kappa shape index (κ1) is 14.9. The minimum Gasteiger partial charge on any atom is -0.389 e. The molecular formula is C15H26N4O2. The van der Waals surface area contributed by atoms with Gasteiger partial charge in [0.1, 0.15) is 0 Å². The second-order valence-corrected chi connectivity index (χ2v) is 7.19. The van der Waals surface area contributed by atoms with Gasteiger partial charge in [-0.05, 0) is 38.0 Å². The summed E-state index contributed by atoms with van der Waals surface area (Å²) in [5.74, 6) is 0.730. The van der Waals surface area contributed by atoms with Crippen LogP contribution in [0.1, 0.15) is 39.0 Å². The summed E-state index contributed by atoms with van der Waals surface area (Å²) in [5.41, 5.74) is -1.32. The Hall–Kier alpha value is -0.980. The van der Waals surface area contributed by atoms with Crippen LogP contribution in [0, 0.1) is 5.92 Å². The molecule has 6 nitrogen and oxygen atoms in total. The van der Waals surface area contributed by atoms with Crippen molar-refractivity contribution in [2.24, 2.45) is 5.92 Å². The molecule has 0 radical (unpaired) electrons. The van der Waals surface area contributed by atoms with Gasteiger partial charge in [0.2, 0.25) is 0 Å². The number of hydrogen-bond acceptors (Lipinski definition) is 5. The predicted molar refractivity (Wildman–Crippen MR) is 78.6 cm³/mol. The maximum Gasteiger partial charge on any atom is 0.0981 e. The highest BCUT2D eigenvalue weighted by Crippen LogP contribution is 2.34. The highest BCUT2D eigenvalue weighted by molar-refractivity contribution is 4.95. The third kappa shape index (κ3) is 3.62. The van der Waals surface area contributed by atoms with Crippen LogP contribution in [0.15, 0.2) is 12.4 Å². The fourth-order valence-corrected chi connectivity index (χ4v) is 3.70. The first-order valence-corrected chi connectivity index (χ1v) is 7.98. The maximum atomic E-state index is 10.7. The van der Waals surface area contributed by atoms with Gasteiger partial charge in [-0.25, -0.2) is 4.68 Å². The highest BCUT2D eigenvalue weighted by Gasteiger charge is 2.41. The van der Waals surface area contributed by atoms with E-state index in [9.17, 15) is 10.2 Å². The Balaban J connectivity index is 1.54. The first-order valence-electron chi connectivity index (χ1n) is 7.98. The van der Waals surface area contributed by atoms with Gasteiger partial charge < -0.3 is 10.2 Å². The molecule has 118 valence electrons. The molecule has 2 aliphatic rings. The van der Waals surface area contributed by atoms with Crippen LogP contribution in [0.3, 0.4) is 0 Å². The topological polar surface area (TPSA) is 74.4 Å². The van der Waals surface area contributed by atoms with Crippen molar-refractivity contribution in [1.82, 2.24) is 19.9 Å². The summed E-state index contributed by atoms with van der Waals surface area (Å²) in [6.07, 6.45) is 8.09. The lowest BCUT2D eigenvalue weighted by Crippen LogP contribution is -2.46. The number of aliphatic hydroxyl groups is 2. The monoisotopic (exact) mass is 294 g/mol. The summed E-state index contributed by atoms with van der Waals surface area (Å²) in [7, 11) is 0. The van der Waals surface area contributed by atoms with Gasteiger partial charge in [-0.15, -0.1) is 5.10 Å². The molecule has 6 heteroatoms. The summed E-state index contributed by atoms with van der Waals surface area (Å²) in [6.45, 7) is 4.85. The second kappa shape index (κ2) is 5.66. The Bertz CT molecular complexity index is 456. The molecule has 2 N–H and O–H groups in total. The van der Waals surface area contributed by atoms with Crippen LogP contribution in [-0.2, 0) is 6.54 Å². The molecule has 1 aromatic heterocycles. The van der Waals surface area contributed by atoms with Crippen LogP contribution in [0.2, 0.25) is 0 Å². The lowest BCUT2D eigenvalue weighted by molar-refractivity contribution is -0.0386. The standard InChI is InChI=1S/C15H26N4O2/c1-13-2-4-14(20,5-3-13)10-18-8-6-15(21,11-18)12-19-9-7-16-17-19/h7,9,13,20-21H,2-6,8,10-12H2,1H3. The van der Waals surface area contributed by atoms with E-state index >= 15 is 0 Å². The van der Waals surface area contributed by atoms with Crippen LogP contribution in [0.25, 0.3) is 0 Å². The largest absolute Gasteiger partial charge is 0.389 e. The zero-order chi connectivity index (χ0) is 14.9. The van der Waals surface area contributed by atoms with Crippen molar-refractivity contribution in [1.29, 1.82) is 0 Å². The first-order chi connectivity index (χ1) is 9.96. The van der Waals surface area contributed by atoms with E-state index < -0.39 is 11.2 Å². The van der Waals surface area contributed by atoms with Crippen LogP contribution < -0.4 is 0 Å². The molecule has 1 saturated carbocycles. The fraction of sp³-hybridized carbons (Fsp3) is 0.867. The molecule has 2 heterocycles. The average molecular weight is 294 g/mol. The lowest BCUT2D eigenvalue weighted by Gasteiger charge is -2.38. The second-order valence-electron chi connectivity index (χ2n) is 7.19. The minimum atomic E-state index is -0.758. The zero-order valence-electron chi connectivity index (χ0n) is 12.8. The summed E-state index contributed by atoms with van der Waals surface area (Å²) in [4.78, 5) is 2.20. The molecule has 1 aliphatic carbocycles. The van der Waals surface area contributed by atoms with Crippen LogP contribution in [0.4, 0.5) is 0 Å². The Morgan fingerprint density at radius 2 is 1.90 bits per heavy atom. The zero-order valence-corrected chi connectivity index (χ0v) is 12.8. The molecule has 1 saturated heterocycles. The number of hydrogen-bond donors (Lipinski definition) is 2. The van der Waals surface area contributed by atoms with Gasteiger partial charge in [-0.1, -0.05) is 12.1 Å². The molecule has 1 atom stereocenters. The van der Waals surface area contributed by atoms with Crippen LogP contribution in [-0.4, -0.2) is 60.9 Å². The molecular weight excluding hydrogens is 268 g/mol. The van der Waals surface area contributed by atoms with Crippen molar-refractivity contribution >= 4 is 0 Å². The molecule has 0 amide bonds. The van der Waals surface area contributed by atoms with E-state index in [0.29, 0.717) is 19.6 Å². The molecule has 21 heavy (non-hydrogen) atoms. The normalized spacial score (nSPS) is 38.0. The number of aromatic nitrogens is 3. The summed E-state index contributed by atoms with van der Waals surface area (Å²) >= 11 is 0. The van der Waals surface area contributed by atoms with Gasteiger partial charge in [0, 0.05) is 25.8 Å². The van der Waals surface area contributed by atoms with Crippen molar-refractivity contribution in [2.75, 3.05) is 19.6 Å². The van der Waals surface area contributed by atoms with E-state index in [1.165, 1.54) is 0 Å². The average Bonchev–Trinajstić information content (AvgIpc) is 3.04. The SMILES string of the molecule is CC1CCC(O)(CN2CCC(O)(Cn3ccnn3)C2)CC1. The molecule has 2 fully saturated rings. The molecule has 1 unspecified atom stereocenters. The highest BCUT2D eigenvalue weighted by atomic mass is 16.3. The number of likely N-dealkylation sites (tertiary alicyclic amines) is 1. The smallest absolute Gasteiger partial charge is 0.0981 e. The Kier molecular flexibility index (Phi) is 4.03. The van der Waals surface area contributed by atoms with Crippen LogP contribution in [0.5, 0.6) is 0 Å². The van der Waals surface area contributed by atoms with Crippen molar-refractivity contribution in [3.8, 4) is 0 Å². The molecule has 3 rings (SSSR count). The Labute approximate surface area is 125 Å². The van der Waals surface area contributed by atoms with Gasteiger partial charge in [0.15, 0.2) is 0 Å². The van der Waals surface area contributed by atoms with Crippen molar-refractivity contribution in [2.45, 2.75) is 56.8 Å². The Morgan fingerprint density at radius 3 is 2.57 bits per heavy atom. The van der Waals surface area contributed by atoms with E-state index in [0.717, 1.165) is 44.6 Å². The van der Waals surface area contributed by atoms with Gasteiger partial charge in [-0.3, -0.25) is 4.90 Å². The third-order valence-electron chi connectivity index (χ3n) is 5.06. The summed E-state index contributed by atoms with van der Waals surface area (Å²) in [5, 5.41) is 29.1. The van der Waals surface area contributed by atoms with Crippen molar-refractivity contribution in [3.63, 3.8) is 0 Å². The molecule has 0 bridgehead atoms. The summed E-state index contributed by atoms with van der Waals surface area (Å²) < 4.78 is 1.68. The van der Waals surface area contributed by atoms with E-state index in [1.807, 2.05) is 0 Å². The predicted octanol–water partition coefficient (Wildman–Crippen LogP) is 0.656. The number of nitrogens with zero attached hydrogens (tertiary/aromatic N) is 4. The van der Waals surface area contributed by atoms with Gasteiger partial charge >= 0.3 is 0 Å². The minimum absolute atomic E-state index is 0.471. The lowest BCUT2D eigenvalue weighted by atomic mass is 9.79. The molecule has 0 spiro atoms. The molecule has 1 aromatic rings. The van der Waals surface area contributed by atoms with E-state index in [2.05, 4.69) is 22.1 Å². The fourth-order valence-electron chi connectivity index (χ4n) is 3.70.